The number of hydrogen-bond acceptors (Lipinski definition) is 7. The zero-order valence-corrected chi connectivity index (χ0v) is 28.8. The van der Waals surface area contributed by atoms with Gasteiger partial charge < -0.3 is 8.83 Å². The van der Waals surface area contributed by atoms with E-state index in [1.807, 2.05) is 140 Å². The smallest absolute Gasteiger partial charge is 0.227 e. The third-order valence-corrected chi connectivity index (χ3v) is 9.46. The van der Waals surface area contributed by atoms with Crippen molar-refractivity contribution in [3.05, 3.63) is 176 Å². The van der Waals surface area contributed by atoms with E-state index >= 15 is 0 Å². The van der Waals surface area contributed by atoms with Crippen LogP contribution in [0.1, 0.15) is 0 Å². The van der Waals surface area contributed by atoms with E-state index in [1.54, 1.807) is 0 Å². The standard InChI is InChI=1S/C47H29N5O2/c1-4-12-32(13-5-1)43-50-44(33-26-22-30(23-27-33)37-18-10-20-39-41(37)48-46(53-39)35-14-6-2-7-15-35)52-45(51-43)34-28-24-31(25-29-34)38-19-11-21-40-42(38)49-47(54-40)36-16-8-3-9-17-36/h1-29H. The summed E-state index contributed by atoms with van der Waals surface area (Å²) in [7, 11) is 0. The van der Waals surface area contributed by atoms with E-state index in [9.17, 15) is 0 Å². The Morgan fingerprint density at radius 1 is 0.259 bits per heavy atom. The minimum absolute atomic E-state index is 0.585. The molecule has 0 radical (unpaired) electrons. The van der Waals surface area contributed by atoms with E-state index < -0.39 is 0 Å². The van der Waals surface area contributed by atoms with Gasteiger partial charge in [0, 0.05) is 38.9 Å². The Labute approximate surface area is 310 Å². The summed E-state index contributed by atoms with van der Waals surface area (Å²) in [5.74, 6) is 2.97. The molecule has 0 aliphatic rings. The van der Waals surface area contributed by atoms with Gasteiger partial charge in [-0.05, 0) is 47.5 Å². The minimum atomic E-state index is 0.585. The van der Waals surface area contributed by atoms with Gasteiger partial charge >= 0.3 is 0 Å². The molecule has 7 heteroatoms. The topological polar surface area (TPSA) is 90.7 Å². The fraction of sp³-hybridized carbons (Fsp3) is 0. The van der Waals surface area contributed by atoms with Crippen molar-refractivity contribution in [1.82, 2.24) is 24.9 Å². The van der Waals surface area contributed by atoms with Gasteiger partial charge in [-0.25, -0.2) is 24.9 Å². The molecule has 0 unspecified atom stereocenters. The van der Waals surface area contributed by atoms with Crippen LogP contribution in [-0.2, 0) is 0 Å². The van der Waals surface area contributed by atoms with Crippen molar-refractivity contribution in [2.24, 2.45) is 0 Å². The molecule has 0 saturated carbocycles. The average molecular weight is 696 g/mol. The van der Waals surface area contributed by atoms with E-state index in [1.165, 1.54) is 0 Å². The molecule has 0 spiro atoms. The van der Waals surface area contributed by atoms with Crippen molar-refractivity contribution in [2.45, 2.75) is 0 Å². The maximum atomic E-state index is 6.14. The fourth-order valence-corrected chi connectivity index (χ4v) is 6.72. The average Bonchev–Trinajstić information content (AvgIpc) is 3.90. The highest BCUT2D eigenvalue weighted by Gasteiger charge is 2.17. The van der Waals surface area contributed by atoms with Crippen molar-refractivity contribution < 1.29 is 8.83 Å². The van der Waals surface area contributed by atoms with Crippen molar-refractivity contribution >= 4 is 22.2 Å². The first-order valence-electron chi connectivity index (χ1n) is 17.7. The third kappa shape index (κ3) is 5.80. The highest BCUT2D eigenvalue weighted by atomic mass is 16.4. The zero-order valence-electron chi connectivity index (χ0n) is 28.8. The van der Waals surface area contributed by atoms with Crippen LogP contribution in [0.25, 0.3) is 102 Å². The van der Waals surface area contributed by atoms with E-state index in [2.05, 4.69) is 36.4 Å². The Hall–Kier alpha value is -7.51. The van der Waals surface area contributed by atoms with Crippen LogP contribution in [0.2, 0.25) is 0 Å². The Morgan fingerprint density at radius 2 is 0.593 bits per heavy atom. The van der Waals surface area contributed by atoms with E-state index in [4.69, 9.17) is 33.8 Å². The van der Waals surface area contributed by atoms with E-state index in [0.717, 1.165) is 72.3 Å². The maximum absolute atomic E-state index is 6.14. The fourth-order valence-electron chi connectivity index (χ4n) is 6.72. The lowest BCUT2D eigenvalue weighted by Gasteiger charge is -2.10. The van der Waals surface area contributed by atoms with Crippen molar-refractivity contribution in [1.29, 1.82) is 0 Å². The SMILES string of the molecule is c1ccc(-c2nc(-c3ccc(-c4cccc5oc(-c6ccccc6)nc45)cc3)nc(-c3ccc(-c4cccc5oc(-c6ccccc6)nc45)cc3)n2)cc1. The summed E-state index contributed by atoms with van der Waals surface area (Å²) >= 11 is 0. The predicted molar refractivity (Wildman–Crippen MR) is 213 cm³/mol. The molecule has 0 saturated heterocycles. The monoisotopic (exact) mass is 695 g/mol. The molecule has 0 atom stereocenters. The van der Waals surface area contributed by atoms with Gasteiger partial charge in [-0.15, -0.1) is 0 Å². The second kappa shape index (κ2) is 13.2. The highest BCUT2D eigenvalue weighted by Crippen LogP contribution is 2.35. The Morgan fingerprint density at radius 3 is 0.981 bits per heavy atom. The quantitative estimate of drug-likeness (QED) is 0.164. The summed E-state index contributed by atoms with van der Waals surface area (Å²) < 4.78 is 12.3. The zero-order chi connectivity index (χ0) is 35.8. The van der Waals surface area contributed by atoms with Crippen LogP contribution in [0.3, 0.4) is 0 Å². The van der Waals surface area contributed by atoms with Gasteiger partial charge in [0.1, 0.15) is 11.0 Å². The largest absolute Gasteiger partial charge is 0.436 e. The second-order valence-electron chi connectivity index (χ2n) is 12.9. The van der Waals surface area contributed by atoms with Crippen molar-refractivity contribution in [3.8, 4) is 79.3 Å². The molecule has 54 heavy (non-hydrogen) atoms. The van der Waals surface area contributed by atoms with Crippen LogP contribution in [-0.4, -0.2) is 24.9 Å². The molecular weight excluding hydrogens is 667 g/mol. The third-order valence-electron chi connectivity index (χ3n) is 9.46. The van der Waals surface area contributed by atoms with E-state index in [0.29, 0.717) is 29.3 Å². The molecular formula is C47H29N5O2. The normalized spacial score (nSPS) is 11.3. The number of benzene rings is 7. The molecule has 0 aliphatic heterocycles. The molecule has 10 rings (SSSR count). The first kappa shape index (κ1) is 31.2. The van der Waals surface area contributed by atoms with Crippen LogP contribution >= 0.6 is 0 Å². The number of aromatic nitrogens is 5. The van der Waals surface area contributed by atoms with Crippen molar-refractivity contribution in [3.63, 3.8) is 0 Å². The molecule has 0 N–H and O–H groups in total. The number of nitrogens with zero attached hydrogens (tertiary/aromatic N) is 5. The van der Waals surface area contributed by atoms with Gasteiger partial charge in [0.2, 0.25) is 11.8 Å². The van der Waals surface area contributed by atoms with Gasteiger partial charge in [-0.3, -0.25) is 0 Å². The van der Waals surface area contributed by atoms with Crippen LogP contribution in [0.4, 0.5) is 0 Å². The number of rotatable bonds is 7. The molecule has 3 heterocycles. The highest BCUT2D eigenvalue weighted by molar-refractivity contribution is 5.93. The number of fused-ring (bicyclic) bond motifs is 2. The first-order valence-corrected chi connectivity index (χ1v) is 17.7. The Bertz CT molecular complexity index is 2720. The van der Waals surface area contributed by atoms with Gasteiger partial charge in [-0.1, -0.05) is 140 Å². The van der Waals surface area contributed by atoms with Crippen LogP contribution in [0.15, 0.2) is 185 Å². The first-order chi connectivity index (χ1) is 26.7. The summed E-state index contributed by atoms with van der Waals surface area (Å²) in [5.41, 5.74) is 11.7. The van der Waals surface area contributed by atoms with Gasteiger partial charge in [0.25, 0.3) is 0 Å². The van der Waals surface area contributed by atoms with Crippen molar-refractivity contribution in [2.75, 3.05) is 0 Å². The lowest BCUT2D eigenvalue weighted by Crippen LogP contribution is -2.00. The van der Waals surface area contributed by atoms with Gasteiger partial charge in [-0.2, -0.15) is 0 Å². The van der Waals surface area contributed by atoms with Crippen LogP contribution in [0.5, 0.6) is 0 Å². The summed E-state index contributed by atoms with van der Waals surface area (Å²) in [4.78, 5) is 24.6. The second-order valence-corrected chi connectivity index (χ2v) is 12.9. The maximum Gasteiger partial charge on any atom is 0.227 e. The number of para-hydroxylation sites is 2. The number of hydrogen-bond donors (Lipinski definition) is 0. The van der Waals surface area contributed by atoms with Crippen LogP contribution in [0, 0.1) is 0 Å². The lowest BCUT2D eigenvalue weighted by atomic mass is 10.0. The molecule has 254 valence electrons. The van der Waals surface area contributed by atoms with Crippen LogP contribution < -0.4 is 0 Å². The molecule has 0 fully saturated rings. The molecule has 7 aromatic carbocycles. The summed E-state index contributed by atoms with van der Waals surface area (Å²) in [6, 6.07) is 58.4. The molecule has 3 aromatic heterocycles. The molecule has 0 amide bonds. The predicted octanol–water partition coefficient (Wildman–Crippen LogP) is 11.8. The Balaban J connectivity index is 1.00. The molecule has 0 aliphatic carbocycles. The summed E-state index contributed by atoms with van der Waals surface area (Å²) in [6.45, 7) is 0. The van der Waals surface area contributed by atoms with Gasteiger partial charge in [0.15, 0.2) is 28.6 Å². The minimum Gasteiger partial charge on any atom is -0.436 e. The lowest BCUT2D eigenvalue weighted by molar-refractivity contribution is 0.619. The molecule has 10 aromatic rings. The van der Waals surface area contributed by atoms with E-state index in [-0.39, 0.29) is 0 Å². The number of oxazole rings is 2. The molecule has 7 nitrogen and oxygen atoms in total. The summed E-state index contributed by atoms with van der Waals surface area (Å²) in [6.07, 6.45) is 0. The van der Waals surface area contributed by atoms with Gasteiger partial charge in [0.05, 0.1) is 0 Å². The summed E-state index contributed by atoms with van der Waals surface area (Å²) in [5, 5.41) is 0. The molecule has 0 bridgehead atoms. The Kier molecular flexibility index (Phi) is 7.66.